The lowest BCUT2D eigenvalue weighted by molar-refractivity contribution is 0.0551. The Morgan fingerprint density at radius 3 is 2.62 bits per heavy atom. The molecule has 0 atom stereocenters. The van der Waals surface area contributed by atoms with Gasteiger partial charge in [-0.05, 0) is 12.8 Å². The van der Waals surface area contributed by atoms with E-state index in [9.17, 15) is 9.90 Å². The third kappa shape index (κ3) is 3.12. The number of hydrogen-bond donors (Lipinski definition) is 2. The highest BCUT2D eigenvalue weighted by Gasteiger charge is 2.27. The molecule has 0 aliphatic carbocycles. The molecule has 0 bridgehead atoms. The number of ether oxygens (including phenoxy) is 1. The van der Waals surface area contributed by atoms with Crippen molar-refractivity contribution >= 4 is 28.2 Å². The summed E-state index contributed by atoms with van der Waals surface area (Å²) >= 11 is 1.35. The van der Waals surface area contributed by atoms with E-state index in [-0.39, 0.29) is 12.0 Å². The van der Waals surface area contributed by atoms with E-state index < -0.39 is 0 Å². The van der Waals surface area contributed by atoms with Crippen molar-refractivity contribution in [3.8, 4) is 0 Å². The normalized spacial score (nSPS) is 20.8. The molecule has 116 valence electrons. The van der Waals surface area contributed by atoms with Crippen molar-refractivity contribution in [1.82, 2.24) is 9.88 Å². The topological polar surface area (TPSA) is 91.9 Å². The summed E-state index contributed by atoms with van der Waals surface area (Å²) in [6.07, 6.45) is 0.957. The van der Waals surface area contributed by atoms with Gasteiger partial charge >= 0.3 is 0 Å². The molecule has 1 aromatic heterocycles. The number of nitrogen functional groups attached to an aromatic ring is 1. The van der Waals surface area contributed by atoms with Crippen LogP contribution in [0.4, 0.5) is 10.9 Å². The summed E-state index contributed by atoms with van der Waals surface area (Å²) in [6.45, 7) is 4.04. The molecule has 0 aromatic carbocycles. The number of carbonyl (C=O) groups excluding carboxylic acids is 1. The predicted molar refractivity (Wildman–Crippen MR) is 80.7 cm³/mol. The monoisotopic (exact) mass is 312 g/mol. The van der Waals surface area contributed by atoms with E-state index in [0.717, 1.165) is 18.2 Å². The molecule has 3 N–H and O–H groups in total. The van der Waals surface area contributed by atoms with Crippen molar-refractivity contribution in [2.45, 2.75) is 18.9 Å². The first-order valence-corrected chi connectivity index (χ1v) is 8.03. The maximum atomic E-state index is 12.5. The van der Waals surface area contributed by atoms with Crippen LogP contribution in [0.2, 0.25) is 0 Å². The summed E-state index contributed by atoms with van der Waals surface area (Å²) in [5.74, 6) is 0.231. The molecule has 0 unspecified atom stereocenters. The zero-order valence-electron chi connectivity index (χ0n) is 11.8. The van der Waals surface area contributed by atoms with Crippen LogP contribution in [0.3, 0.4) is 0 Å². The van der Waals surface area contributed by atoms with Gasteiger partial charge in [0.25, 0.3) is 5.91 Å². The molecule has 7 nitrogen and oxygen atoms in total. The zero-order chi connectivity index (χ0) is 14.8. The SMILES string of the molecule is Nc1nc(N2CCOCC2)sc1C(=O)N1CCC(O)CC1. The molecule has 21 heavy (non-hydrogen) atoms. The minimum atomic E-state index is -0.295. The summed E-state index contributed by atoms with van der Waals surface area (Å²) in [6, 6.07) is 0. The molecular weight excluding hydrogens is 292 g/mol. The molecular formula is C13H20N4O3S. The molecule has 0 radical (unpaired) electrons. The second-order valence-electron chi connectivity index (χ2n) is 5.33. The number of nitrogens with zero attached hydrogens (tertiary/aromatic N) is 3. The highest BCUT2D eigenvalue weighted by molar-refractivity contribution is 7.18. The van der Waals surface area contributed by atoms with Crippen LogP contribution in [0.25, 0.3) is 0 Å². The smallest absolute Gasteiger partial charge is 0.267 e. The number of nitrogens with two attached hydrogens (primary N) is 1. The Labute approximate surface area is 127 Å². The number of carbonyl (C=O) groups is 1. The van der Waals surface area contributed by atoms with E-state index in [1.54, 1.807) is 4.90 Å². The zero-order valence-corrected chi connectivity index (χ0v) is 12.6. The average Bonchev–Trinajstić information content (AvgIpc) is 2.90. The minimum absolute atomic E-state index is 0.0728. The second-order valence-corrected chi connectivity index (χ2v) is 6.31. The van der Waals surface area contributed by atoms with E-state index in [0.29, 0.717) is 49.8 Å². The molecule has 0 saturated carbocycles. The molecule has 2 fully saturated rings. The largest absolute Gasteiger partial charge is 0.393 e. The molecule has 3 rings (SSSR count). The highest BCUT2D eigenvalue weighted by atomic mass is 32.1. The van der Waals surface area contributed by atoms with Crippen molar-refractivity contribution < 1.29 is 14.6 Å². The highest BCUT2D eigenvalue weighted by Crippen LogP contribution is 2.30. The van der Waals surface area contributed by atoms with E-state index in [4.69, 9.17) is 10.5 Å². The average molecular weight is 312 g/mol. The lowest BCUT2D eigenvalue weighted by Crippen LogP contribution is -2.40. The minimum Gasteiger partial charge on any atom is -0.393 e. The Kier molecular flexibility index (Phi) is 4.27. The van der Waals surface area contributed by atoms with Gasteiger partial charge in [-0.15, -0.1) is 0 Å². The standard InChI is InChI=1S/C13H20N4O3S/c14-11-10(12(19)16-3-1-9(18)2-4-16)21-13(15-11)17-5-7-20-8-6-17/h9,18H,1-8,14H2. The summed E-state index contributed by atoms with van der Waals surface area (Å²) < 4.78 is 5.32. The number of aliphatic hydroxyl groups is 1. The van der Waals surface area contributed by atoms with Crippen LogP contribution in [0.15, 0.2) is 0 Å². The van der Waals surface area contributed by atoms with Crippen molar-refractivity contribution in [1.29, 1.82) is 0 Å². The number of thiazole rings is 1. The predicted octanol–water partition coefficient (Wildman–Crippen LogP) is 0.159. The summed E-state index contributed by atoms with van der Waals surface area (Å²) in [7, 11) is 0. The number of hydrogen-bond acceptors (Lipinski definition) is 7. The van der Waals surface area contributed by atoms with Crippen molar-refractivity contribution in [2.75, 3.05) is 50.0 Å². The number of anilines is 2. The van der Waals surface area contributed by atoms with Crippen molar-refractivity contribution in [2.24, 2.45) is 0 Å². The van der Waals surface area contributed by atoms with E-state index in [1.165, 1.54) is 11.3 Å². The fourth-order valence-corrected chi connectivity index (χ4v) is 3.58. The summed E-state index contributed by atoms with van der Waals surface area (Å²) in [5.41, 5.74) is 5.93. The van der Waals surface area contributed by atoms with Crippen LogP contribution in [-0.2, 0) is 4.74 Å². The number of likely N-dealkylation sites (tertiary alicyclic amines) is 1. The lowest BCUT2D eigenvalue weighted by atomic mass is 10.1. The van der Waals surface area contributed by atoms with Gasteiger partial charge < -0.3 is 25.4 Å². The Morgan fingerprint density at radius 2 is 1.95 bits per heavy atom. The number of rotatable bonds is 2. The molecule has 8 heteroatoms. The number of amides is 1. The van der Waals surface area contributed by atoms with Crippen LogP contribution in [-0.4, -0.2) is 66.4 Å². The Bertz CT molecular complexity index is 508. The first kappa shape index (κ1) is 14.6. The van der Waals surface area contributed by atoms with Crippen LogP contribution in [0.5, 0.6) is 0 Å². The van der Waals surface area contributed by atoms with Gasteiger partial charge in [0.2, 0.25) is 0 Å². The summed E-state index contributed by atoms with van der Waals surface area (Å²) in [4.78, 5) is 21.2. The van der Waals surface area contributed by atoms with Gasteiger partial charge in [-0.2, -0.15) is 0 Å². The molecule has 2 saturated heterocycles. The molecule has 3 heterocycles. The van der Waals surface area contributed by atoms with Crippen molar-refractivity contribution in [3.05, 3.63) is 4.88 Å². The van der Waals surface area contributed by atoms with Gasteiger partial charge in [-0.3, -0.25) is 4.79 Å². The molecule has 2 aliphatic rings. The van der Waals surface area contributed by atoms with Gasteiger partial charge in [-0.1, -0.05) is 11.3 Å². The Balaban J connectivity index is 1.72. The third-order valence-corrected chi connectivity index (χ3v) is 4.99. The first-order valence-electron chi connectivity index (χ1n) is 7.21. The first-order chi connectivity index (χ1) is 10.1. The van der Waals surface area contributed by atoms with Gasteiger partial charge in [0, 0.05) is 26.2 Å². The Hall–Kier alpha value is -1.38. The van der Waals surface area contributed by atoms with Crippen LogP contribution in [0.1, 0.15) is 22.5 Å². The van der Waals surface area contributed by atoms with Gasteiger partial charge in [0.15, 0.2) is 5.13 Å². The van der Waals surface area contributed by atoms with E-state index >= 15 is 0 Å². The van der Waals surface area contributed by atoms with E-state index in [2.05, 4.69) is 9.88 Å². The molecule has 1 amide bonds. The second kappa shape index (κ2) is 6.17. The van der Waals surface area contributed by atoms with Crippen molar-refractivity contribution in [3.63, 3.8) is 0 Å². The summed E-state index contributed by atoms with van der Waals surface area (Å²) in [5, 5.41) is 10.3. The lowest BCUT2D eigenvalue weighted by Gasteiger charge is -2.29. The maximum absolute atomic E-state index is 12.5. The quantitative estimate of drug-likeness (QED) is 0.808. The van der Waals surface area contributed by atoms with Crippen LogP contribution >= 0.6 is 11.3 Å². The third-order valence-electron chi connectivity index (χ3n) is 3.87. The number of piperidine rings is 1. The molecule has 1 aromatic rings. The molecule has 0 spiro atoms. The van der Waals surface area contributed by atoms with Crippen LogP contribution in [0, 0.1) is 0 Å². The van der Waals surface area contributed by atoms with E-state index in [1.807, 2.05) is 0 Å². The number of aromatic nitrogens is 1. The maximum Gasteiger partial charge on any atom is 0.267 e. The fourth-order valence-electron chi connectivity index (χ4n) is 2.58. The number of morpholine rings is 1. The Morgan fingerprint density at radius 1 is 1.29 bits per heavy atom. The van der Waals surface area contributed by atoms with Gasteiger partial charge in [0.1, 0.15) is 10.7 Å². The van der Waals surface area contributed by atoms with Gasteiger partial charge in [0.05, 0.1) is 19.3 Å². The number of aliphatic hydroxyl groups excluding tert-OH is 1. The molecule has 2 aliphatic heterocycles. The van der Waals surface area contributed by atoms with Gasteiger partial charge in [-0.25, -0.2) is 4.98 Å². The van der Waals surface area contributed by atoms with Crippen LogP contribution < -0.4 is 10.6 Å². The fraction of sp³-hybridized carbons (Fsp3) is 0.692.